The third kappa shape index (κ3) is 2.56. The highest BCUT2D eigenvalue weighted by Gasteiger charge is 2.39. The maximum atomic E-state index is 12.5. The number of carboxylic acid groups (broad SMARTS) is 1. The number of hydrogen-bond acceptors (Lipinski definition) is 3. The van der Waals surface area contributed by atoms with Gasteiger partial charge in [0.1, 0.15) is 11.6 Å². The lowest BCUT2D eigenvalue weighted by Crippen LogP contribution is -2.44. The minimum Gasteiger partial charge on any atom is -0.481 e. The summed E-state index contributed by atoms with van der Waals surface area (Å²) in [7, 11) is 1.63. The summed E-state index contributed by atoms with van der Waals surface area (Å²) in [6.45, 7) is 4.41. The third-order valence-corrected chi connectivity index (χ3v) is 3.74. The number of carboxylic acids is 1. The van der Waals surface area contributed by atoms with Crippen molar-refractivity contribution >= 4 is 11.9 Å². The topological polar surface area (TPSA) is 71.8 Å². The summed E-state index contributed by atoms with van der Waals surface area (Å²) in [4.78, 5) is 25.2. The summed E-state index contributed by atoms with van der Waals surface area (Å²) >= 11 is 0. The Bertz CT molecular complexity index is 509. The van der Waals surface area contributed by atoms with Gasteiger partial charge in [0, 0.05) is 19.3 Å². The van der Waals surface area contributed by atoms with Crippen molar-refractivity contribution in [1.82, 2.24) is 9.47 Å². The highest BCUT2D eigenvalue weighted by Crippen LogP contribution is 2.21. The highest BCUT2D eigenvalue weighted by atomic mass is 16.5. The molecule has 6 heteroatoms. The predicted octanol–water partition coefficient (Wildman–Crippen LogP) is 1.24. The van der Waals surface area contributed by atoms with Crippen molar-refractivity contribution in [2.75, 3.05) is 20.3 Å². The van der Waals surface area contributed by atoms with Gasteiger partial charge >= 0.3 is 5.97 Å². The molecule has 0 radical (unpaired) electrons. The van der Waals surface area contributed by atoms with Gasteiger partial charge in [0.2, 0.25) is 0 Å². The van der Waals surface area contributed by atoms with E-state index in [-0.39, 0.29) is 25.2 Å². The van der Waals surface area contributed by atoms with Crippen LogP contribution in [0.4, 0.5) is 0 Å². The van der Waals surface area contributed by atoms with Crippen molar-refractivity contribution in [2.24, 2.45) is 5.92 Å². The van der Waals surface area contributed by atoms with E-state index in [0.717, 1.165) is 0 Å². The van der Waals surface area contributed by atoms with Gasteiger partial charge in [-0.15, -0.1) is 0 Å². The van der Waals surface area contributed by atoms with E-state index >= 15 is 0 Å². The number of amides is 1. The van der Waals surface area contributed by atoms with Gasteiger partial charge in [-0.3, -0.25) is 9.59 Å². The number of rotatable bonds is 4. The lowest BCUT2D eigenvalue weighted by molar-refractivity contribution is -0.142. The lowest BCUT2D eigenvalue weighted by atomic mass is 10.0. The van der Waals surface area contributed by atoms with Crippen LogP contribution >= 0.6 is 0 Å². The van der Waals surface area contributed by atoms with Gasteiger partial charge in [-0.25, -0.2) is 0 Å². The number of ether oxygens (including phenoxy) is 1. The Morgan fingerprint density at radius 1 is 1.45 bits per heavy atom. The van der Waals surface area contributed by atoms with Crippen molar-refractivity contribution < 1.29 is 19.4 Å². The van der Waals surface area contributed by atoms with Gasteiger partial charge in [-0.2, -0.15) is 0 Å². The molecule has 0 spiro atoms. The maximum Gasteiger partial charge on any atom is 0.311 e. The minimum atomic E-state index is -0.925. The second-order valence-corrected chi connectivity index (χ2v) is 5.36. The Hall–Kier alpha value is -1.82. The van der Waals surface area contributed by atoms with E-state index < -0.39 is 17.9 Å². The molecule has 20 heavy (non-hydrogen) atoms. The number of aliphatic carboxylic acids is 1. The molecular weight excluding hydrogens is 260 g/mol. The smallest absolute Gasteiger partial charge is 0.311 e. The zero-order valence-electron chi connectivity index (χ0n) is 11.9. The van der Waals surface area contributed by atoms with Crippen LogP contribution in [-0.2, 0) is 9.53 Å². The van der Waals surface area contributed by atoms with Crippen LogP contribution in [0.25, 0.3) is 0 Å². The quantitative estimate of drug-likeness (QED) is 0.900. The van der Waals surface area contributed by atoms with E-state index in [2.05, 4.69) is 0 Å². The van der Waals surface area contributed by atoms with E-state index in [0.29, 0.717) is 5.69 Å². The van der Waals surface area contributed by atoms with E-state index in [4.69, 9.17) is 9.84 Å². The zero-order valence-corrected chi connectivity index (χ0v) is 11.9. The van der Waals surface area contributed by atoms with E-state index in [1.54, 1.807) is 13.1 Å². The SMILES string of the molecule is CC(C)n1cccc1C(=O)N(C)C1COCC1C(=O)O. The van der Waals surface area contributed by atoms with Crippen LogP contribution in [0.2, 0.25) is 0 Å². The molecule has 6 nitrogen and oxygen atoms in total. The monoisotopic (exact) mass is 280 g/mol. The van der Waals surface area contributed by atoms with Crippen LogP contribution in [0.5, 0.6) is 0 Å². The fourth-order valence-electron chi connectivity index (χ4n) is 2.52. The molecule has 2 rings (SSSR count). The largest absolute Gasteiger partial charge is 0.481 e. The highest BCUT2D eigenvalue weighted by molar-refractivity contribution is 5.93. The van der Waals surface area contributed by atoms with Crippen molar-refractivity contribution in [2.45, 2.75) is 25.9 Å². The van der Waals surface area contributed by atoms with Crippen LogP contribution in [0, 0.1) is 5.92 Å². The molecule has 1 fully saturated rings. The Morgan fingerprint density at radius 3 is 2.75 bits per heavy atom. The number of aromatic nitrogens is 1. The summed E-state index contributed by atoms with van der Waals surface area (Å²) in [6.07, 6.45) is 1.85. The third-order valence-electron chi connectivity index (χ3n) is 3.74. The Morgan fingerprint density at radius 2 is 2.15 bits per heavy atom. The van der Waals surface area contributed by atoms with Crippen molar-refractivity contribution in [3.05, 3.63) is 24.0 Å². The van der Waals surface area contributed by atoms with Crippen molar-refractivity contribution in [1.29, 1.82) is 0 Å². The Kier molecular flexibility index (Phi) is 4.13. The molecule has 0 bridgehead atoms. The molecule has 2 unspecified atom stereocenters. The molecule has 0 saturated carbocycles. The molecule has 1 amide bonds. The van der Waals surface area contributed by atoms with Gasteiger partial charge in [-0.1, -0.05) is 0 Å². The van der Waals surface area contributed by atoms with Crippen LogP contribution in [0.15, 0.2) is 18.3 Å². The predicted molar refractivity (Wildman–Crippen MR) is 72.6 cm³/mol. The van der Waals surface area contributed by atoms with Crippen molar-refractivity contribution in [3.8, 4) is 0 Å². The molecule has 2 atom stereocenters. The first kappa shape index (κ1) is 14.6. The van der Waals surface area contributed by atoms with Crippen LogP contribution in [-0.4, -0.2) is 52.8 Å². The van der Waals surface area contributed by atoms with E-state index in [1.165, 1.54) is 4.90 Å². The van der Waals surface area contributed by atoms with E-state index in [9.17, 15) is 9.59 Å². The Labute approximate surface area is 117 Å². The Balaban J connectivity index is 2.20. The molecule has 0 aromatic carbocycles. The zero-order chi connectivity index (χ0) is 14.9. The second kappa shape index (κ2) is 5.66. The van der Waals surface area contributed by atoms with Gasteiger partial charge in [-0.05, 0) is 26.0 Å². The molecule has 0 aliphatic carbocycles. The van der Waals surface area contributed by atoms with Gasteiger partial charge < -0.3 is 19.3 Å². The maximum absolute atomic E-state index is 12.5. The molecule has 1 aromatic heterocycles. The number of carbonyl (C=O) groups excluding carboxylic acids is 1. The molecule has 2 heterocycles. The average molecular weight is 280 g/mol. The normalized spacial score (nSPS) is 22.2. The fraction of sp³-hybridized carbons (Fsp3) is 0.571. The van der Waals surface area contributed by atoms with E-state index in [1.807, 2.05) is 30.7 Å². The number of likely N-dealkylation sites (N-methyl/N-ethyl adjacent to an activating group) is 1. The summed E-state index contributed by atoms with van der Waals surface area (Å²) in [5.74, 6) is -1.76. The molecule has 110 valence electrons. The van der Waals surface area contributed by atoms with Gasteiger partial charge in [0.15, 0.2) is 0 Å². The average Bonchev–Trinajstić information content (AvgIpc) is 3.05. The van der Waals surface area contributed by atoms with Crippen LogP contribution in [0.1, 0.15) is 30.4 Å². The summed E-state index contributed by atoms with van der Waals surface area (Å²) in [5, 5.41) is 9.16. The standard InChI is InChI=1S/C14H20N2O4/c1-9(2)16-6-4-5-11(16)13(17)15(3)12-8-20-7-10(12)14(18)19/h4-6,9-10,12H,7-8H2,1-3H3,(H,18,19). The van der Waals surface area contributed by atoms with Crippen LogP contribution < -0.4 is 0 Å². The molecule has 1 N–H and O–H groups in total. The van der Waals surface area contributed by atoms with Gasteiger partial charge in [0.05, 0.1) is 19.3 Å². The molecular formula is C14H20N2O4. The summed E-state index contributed by atoms with van der Waals surface area (Å²) in [5.41, 5.74) is 0.568. The molecule has 1 saturated heterocycles. The lowest BCUT2D eigenvalue weighted by Gasteiger charge is -2.27. The first-order chi connectivity index (χ1) is 9.43. The first-order valence-corrected chi connectivity index (χ1v) is 6.68. The summed E-state index contributed by atoms with van der Waals surface area (Å²) in [6, 6.07) is 3.33. The second-order valence-electron chi connectivity index (χ2n) is 5.36. The number of carbonyl (C=O) groups is 2. The molecule has 1 aromatic rings. The van der Waals surface area contributed by atoms with Crippen LogP contribution in [0.3, 0.4) is 0 Å². The number of hydrogen-bond donors (Lipinski definition) is 1. The first-order valence-electron chi connectivity index (χ1n) is 6.68. The van der Waals surface area contributed by atoms with Crippen molar-refractivity contribution in [3.63, 3.8) is 0 Å². The molecule has 1 aliphatic rings. The molecule has 1 aliphatic heterocycles. The summed E-state index contributed by atoms with van der Waals surface area (Å²) < 4.78 is 7.10. The van der Waals surface area contributed by atoms with Gasteiger partial charge in [0.25, 0.3) is 5.91 Å². The number of nitrogens with zero attached hydrogens (tertiary/aromatic N) is 2. The fourth-order valence-corrected chi connectivity index (χ4v) is 2.52. The minimum absolute atomic E-state index is 0.156.